The third kappa shape index (κ3) is 8.57. The van der Waals surface area contributed by atoms with Crippen molar-refractivity contribution in [2.24, 2.45) is 0 Å². The highest BCUT2D eigenvalue weighted by atomic mass is 32.2. The van der Waals surface area contributed by atoms with E-state index in [9.17, 15) is 35.6 Å². The maximum absolute atomic E-state index is 14.2. The zero-order valence-corrected chi connectivity index (χ0v) is 29.3. The first-order chi connectivity index (χ1) is 24.2. The number of nitrogens with one attached hydrogen (secondary N) is 2. The summed E-state index contributed by atoms with van der Waals surface area (Å²) in [6.07, 6.45) is -0.974. The minimum absolute atomic E-state index is 0.0306. The van der Waals surface area contributed by atoms with Gasteiger partial charge in [-0.05, 0) is 84.6 Å². The van der Waals surface area contributed by atoms with E-state index >= 15 is 0 Å². The van der Waals surface area contributed by atoms with Crippen LogP contribution in [0.1, 0.15) is 11.1 Å². The van der Waals surface area contributed by atoms with Gasteiger partial charge in [0.25, 0.3) is 10.2 Å². The zero-order chi connectivity index (χ0) is 36.4. The van der Waals surface area contributed by atoms with Crippen molar-refractivity contribution in [3.63, 3.8) is 0 Å². The normalized spacial score (nSPS) is 13.0. The molecule has 0 unspecified atom stereocenters. The van der Waals surface area contributed by atoms with E-state index < -0.39 is 70.2 Å². The van der Waals surface area contributed by atoms with Crippen LogP contribution in [0.25, 0.3) is 20.4 Å². The van der Waals surface area contributed by atoms with Crippen LogP contribution < -0.4 is 19.2 Å². The Morgan fingerprint density at radius 1 is 0.647 bits per heavy atom. The monoisotopic (exact) mass is 756 g/mol. The Bertz CT molecular complexity index is 2170. The molecule has 2 N–H and O–H groups in total. The smallest absolute Gasteiger partial charge is 0.278 e. The summed E-state index contributed by atoms with van der Waals surface area (Å²) in [6.45, 7) is 0. The van der Waals surface area contributed by atoms with E-state index in [1.54, 1.807) is 47.4 Å². The third-order valence-corrected chi connectivity index (χ3v) is 10.8. The van der Waals surface area contributed by atoms with Crippen LogP contribution in [0.2, 0.25) is 0 Å². The molecule has 0 radical (unpaired) electrons. The van der Waals surface area contributed by atoms with Crippen molar-refractivity contribution < 1.29 is 35.6 Å². The van der Waals surface area contributed by atoms with Gasteiger partial charge in [-0.25, -0.2) is 27.5 Å². The molecule has 4 aromatic carbocycles. The van der Waals surface area contributed by atoms with Crippen molar-refractivity contribution in [1.29, 1.82) is 0 Å². The number of benzene rings is 4. The van der Waals surface area contributed by atoms with Crippen LogP contribution >= 0.6 is 22.7 Å². The van der Waals surface area contributed by atoms with Gasteiger partial charge in [0, 0.05) is 37.6 Å². The molecule has 2 atom stereocenters. The summed E-state index contributed by atoms with van der Waals surface area (Å²) < 4.78 is 90.5. The lowest BCUT2D eigenvalue weighted by atomic mass is 10.0. The van der Waals surface area contributed by atoms with Crippen LogP contribution in [-0.2, 0) is 32.6 Å². The fraction of sp³-hybridized carbons (Fsp3) is 0.176. The van der Waals surface area contributed by atoms with E-state index in [0.717, 1.165) is 33.7 Å². The Kier molecular flexibility index (Phi) is 10.5. The number of halogens is 4. The van der Waals surface area contributed by atoms with Gasteiger partial charge in [-0.3, -0.25) is 9.59 Å². The zero-order valence-electron chi connectivity index (χ0n) is 26.8. The lowest BCUT2D eigenvalue weighted by molar-refractivity contribution is -0.120. The summed E-state index contributed by atoms with van der Waals surface area (Å²) >= 11 is 2.77. The van der Waals surface area contributed by atoms with Crippen LogP contribution in [0.15, 0.2) is 83.8 Å². The number of anilines is 2. The molecule has 2 amide bonds. The SMILES string of the molecule is CN(C(=O)[C@H](Cc1cc(F)cc(F)c1)NS(=O)(=O)N[C@@H](Cc1cc(F)cc(F)c1)C(=O)N(C)c1ccc2scnc2c1)c1ccc2scnc2c1. The average molecular weight is 757 g/mol. The molecule has 0 aliphatic carbocycles. The minimum Gasteiger partial charge on any atom is -0.314 e. The van der Waals surface area contributed by atoms with Gasteiger partial charge in [-0.1, -0.05) is 0 Å². The maximum Gasteiger partial charge on any atom is 0.278 e. The van der Waals surface area contributed by atoms with Crippen LogP contribution in [0, 0.1) is 23.3 Å². The predicted octanol–water partition coefficient (Wildman–Crippen LogP) is 5.73. The number of hydrogen-bond donors (Lipinski definition) is 2. The second kappa shape index (κ2) is 14.8. The van der Waals surface area contributed by atoms with Gasteiger partial charge < -0.3 is 9.80 Å². The van der Waals surface area contributed by atoms with E-state index in [-0.39, 0.29) is 11.1 Å². The summed E-state index contributed by atoms with van der Waals surface area (Å²) in [5, 5.41) is 0. The van der Waals surface area contributed by atoms with E-state index in [4.69, 9.17) is 0 Å². The number of aromatic nitrogens is 2. The largest absolute Gasteiger partial charge is 0.314 e. The Hall–Kier alpha value is -4.81. The summed E-state index contributed by atoms with van der Waals surface area (Å²) in [7, 11) is -2.03. The standard InChI is InChI=1S/C34H28F4N6O4S3/c1-43(25-3-5-31-27(15-25)39-17-49-31)33(45)29(11-19-7-21(35)13-22(36)8-19)41-51(47,48)42-30(12-20-9-23(37)14-24(38)10-20)34(46)44(2)26-4-6-32-28(16-26)40-18-50-32/h3-10,13-18,29-30,41-42H,11-12H2,1-2H3/t29-,30-/m0/s1. The molecule has 2 aromatic heterocycles. The molecule has 0 bridgehead atoms. The molecule has 0 aliphatic heterocycles. The van der Waals surface area contributed by atoms with Crippen LogP contribution in [0.3, 0.4) is 0 Å². The molecular formula is C34H28F4N6O4S3. The number of nitrogens with zero attached hydrogens (tertiary/aromatic N) is 4. The van der Waals surface area contributed by atoms with Crippen LogP contribution in [-0.4, -0.2) is 56.4 Å². The molecular weight excluding hydrogens is 729 g/mol. The molecule has 2 heterocycles. The number of amides is 2. The molecule has 0 saturated carbocycles. The van der Waals surface area contributed by atoms with E-state index in [1.165, 1.54) is 46.6 Å². The maximum atomic E-state index is 14.2. The second-order valence-electron chi connectivity index (χ2n) is 11.6. The summed E-state index contributed by atoms with van der Waals surface area (Å²) in [6, 6.07) is 11.8. The van der Waals surface area contributed by atoms with E-state index in [1.807, 2.05) is 0 Å². The van der Waals surface area contributed by atoms with Crippen molar-refractivity contribution in [3.05, 3.63) is 118 Å². The second-order valence-corrected chi connectivity index (χ2v) is 14.9. The molecule has 10 nitrogen and oxygen atoms in total. The number of likely N-dealkylation sites (N-methyl/N-ethyl adjacent to an activating group) is 2. The first kappa shape index (κ1) is 36.0. The highest BCUT2D eigenvalue weighted by molar-refractivity contribution is 7.87. The number of rotatable bonds is 12. The topological polar surface area (TPSA) is 125 Å². The molecule has 0 fully saturated rings. The number of thiazole rings is 2. The fourth-order valence-corrected chi connectivity index (χ4v) is 8.03. The summed E-state index contributed by atoms with van der Waals surface area (Å²) in [5.41, 5.74) is 5.10. The first-order valence-electron chi connectivity index (χ1n) is 15.2. The number of fused-ring (bicyclic) bond motifs is 2. The Morgan fingerprint density at radius 3 is 1.39 bits per heavy atom. The van der Waals surface area contributed by atoms with E-state index in [0.29, 0.717) is 34.5 Å². The van der Waals surface area contributed by atoms with Crippen LogP contribution in [0.4, 0.5) is 28.9 Å². The molecule has 0 spiro atoms. The van der Waals surface area contributed by atoms with E-state index in [2.05, 4.69) is 19.4 Å². The predicted molar refractivity (Wildman–Crippen MR) is 189 cm³/mol. The molecule has 0 saturated heterocycles. The van der Waals surface area contributed by atoms with Gasteiger partial charge >= 0.3 is 0 Å². The fourth-order valence-electron chi connectivity index (χ4n) is 5.53. The van der Waals surface area contributed by atoms with Gasteiger partial charge in [0.1, 0.15) is 35.4 Å². The number of hydrogen-bond acceptors (Lipinski definition) is 8. The molecule has 6 rings (SSSR count). The molecule has 264 valence electrons. The van der Waals surface area contributed by atoms with Gasteiger partial charge in [0.2, 0.25) is 11.8 Å². The third-order valence-electron chi connectivity index (χ3n) is 7.98. The lowest BCUT2D eigenvalue weighted by Crippen LogP contribution is -2.56. The van der Waals surface area contributed by atoms with Crippen molar-refractivity contribution in [2.75, 3.05) is 23.9 Å². The summed E-state index contributed by atoms with van der Waals surface area (Å²) in [4.78, 5) is 38.7. The average Bonchev–Trinajstić information content (AvgIpc) is 3.74. The minimum atomic E-state index is -4.82. The van der Waals surface area contributed by atoms with Gasteiger partial charge in [0.05, 0.1) is 31.5 Å². The highest BCUT2D eigenvalue weighted by Crippen LogP contribution is 2.26. The van der Waals surface area contributed by atoms with Crippen molar-refractivity contribution >= 4 is 76.5 Å². The quantitative estimate of drug-likeness (QED) is 0.154. The Balaban J connectivity index is 1.31. The van der Waals surface area contributed by atoms with Crippen molar-refractivity contribution in [3.8, 4) is 0 Å². The van der Waals surface area contributed by atoms with Crippen LogP contribution in [0.5, 0.6) is 0 Å². The van der Waals surface area contributed by atoms with Gasteiger partial charge in [0.15, 0.2) is 0 Å². The van der Waals surface area contributed by atoms with Gasteiger partial charge in [-0.2, -0.15) is 17.9 Å². The molecule has 51 heavy (non-hydrogen) atoms. The van der Waals surface area contributed by atoms with Gasteiger partial charge in [-0.15, -0.1) is 22.7 Å². The summed E-state index contributed by atoms with van der Waals surface area (Å²) in [5.74, 6) is -5.36. The highest BCUT2D eigenvalue weighted by Gasteiger charge is 2.33. The molecule has 17 heteroatoms. The Morgan fingerprint density at radius 2 is 1.02 bits per heavy atom. The van der Waals surface area contributed by atoms with Crippen molar-refractivity contribution in [1.82, 2.24) is 19.4 Å². The lowest BCUT2D eigenvalue weighted by Gasteiger charge is -2.28. The first-order valence-corrected chi connectivity index (χ1v) is 18.4. The number of carbonyl (C=O) groups is 2. The number of carbonyl (C=O) groups excluding carboxylic acids is 2. The molecule has 0 aliphatic rings. The molecule has 6 aromatic rings. The van der Waals surface area contributed by atoms with Crippen molar-refractivity contribution in [2.45, 2.75) is 24.9 Å². The Labute approximate surface area is 297 Å².